The van der Waals surface area contributed by atoms with Gasteiger partial charge in [-0.15, -0.1) is 0 Å². The molecule has 23 heavy (non-hydrogen) atoms. The van der Waals surface area contributed by atoms with Crippen molar-refractivity contribution in [2.75, 3.05) is 9.42 Å². The number of nitrogens with zero attached hydrogens (tertiary/aromatic N) is 3. The van der Waals surface area contributed by atoms with Crippen molar-refractivity contribution in [3.05, 3.63) is 59.9 Å². The first-order chi connectivity index (χ1) is 11.1. The monoisotopic (exact) mass is 347 g/mol. The molecule has 0 fully saturated rings. The molecule has 1 aromatic carbocycles. The molecule has 0 saturated carbocycles. The Balaban J connectivity index is 0.000000924. The third-order valence-electron chi connectivity index (χ3n) is 3.59. The van der Waals surface area contributed by atoms with E-state index < -0.39 is 0 Å². The summed E-state index contributed by atoms with van der Waals surface area (Å²) in [7, 11) is 0. The van der Waals surface area contributed by atoms with Crippen LogP contribution in [0.2, 0.25) is 5.02 Å². The van der Waals surface area contributed by atoms with E-state index in [0.29, 0.717) is 5.02 Å². The molecule has 0 N–H and O–H groups in total. The maximum absolute atomic E-state index is 5.95. The molecular formula is C18H22ClN3S. The van der Waals surface area contributed by atoms with Crippen molar-refractivity contribution in [3.63, 3.8) is 0 Å². The Kier molecular flexibility index (Phi) is 5.97. The Hall–Kier alpha value is -1.65. The highest BCUT2D eigenvalue weighted by Crippen LogP contribution is 2.38. The van der Waals surface area contributed by atoms with Gasteiger partial charge in [0.2, 0.25) is 0 Å². The number of hydrazine groups is 1. The summed E-state index contributed by atoms with van der Waals surface area (Å²) in [6.07, 6.45) is 2.65. The van der Waals surface area contributed by atoms with E-state index in [0.717, 1.165) is 29.1 Å². The molecule has 0 saturated heterocycles. The Morgan fingerprint density at radius 1 is 1.26 bits per heavy atom. The summed E-state index contributed by atoms with van der Waals surface area (Å²) in [5.74, 6) is 0. The number of anilines is 2. The van der Waals surface area contributed by atoms with Crippen molar-refractivity contribution in [1.29, 1.82) is 0 Å². The summed E-state index contributed by atoms with van der Waals surface area (Å²) < 4.78 is 1.84. The molecule has 1 aromatic heterocycles. The van der Waals surface area contributed by atoms with Crippen LogP contribution in [0.15, 0.2) is 49.2 Å². The van der Waals surface area contributed by atoms with Crippen molar-refractivity contribution >= 4 is 41.4 Å². The van der Waals surface area contributed by atoms with Crippen molar-refractivity contribution in [2.24, 2.45) is 0 Å². The molecule has 1 aliphatic heterocycles. The molecular weight excluding hydrogens is 326 g/mol. The molecule has 2 aromatic rings. The van der Waals surface area contributed by atoms with Gasteiger partial charge in [-0.05, 0) is 68.1 Å². The lowest BCUT2D eigenvalue weighted by molar-refractivity contribution is 0.656. The summed E-state index contributed by atoms with van der Waals surface area (Å²) in [4.78, 5) is 4.45. The van der Waals surface area contributed by atoms with Gasteiger partial charge in [0.15, 0.2) is 0 Å². The molecule has 1 unspecified atom stereocenters. The van der Waals surface area contributed by atoms with Crippen LogP contribution in [0.25, 0.3) is 5.57 Å². The van der Waals surface area contributed by atoms with Gasteiger partial charge in [-0.2, -0.15) is 0 Å². The van der Waals surface area contributed by atoms with E-state index in [1.165, 1.54) is 0 Å². The zero-order chi connectivity index (χ0) is 17.0. The highest BCUT2D eigenvalue weighted by molar-refractivity contribution is 7.81. The van der Waals surface area contributed by atoms with E-state index in [9.17, 15) is 0 Å². The standard InChI is InChI=1S/C16H16ClN3S.C2H6/c1-11-10-12(2)19(15-4-3-9-18-16(11)15)20(21)14-7-5-13(17)6-8-14;1-2/h3-9,12,21H,1,10H2,2H3;1-2H3. The second-order valence-electron chi connectivity index (χ2n) is 5.14. The van der Waals surface area contributed by atoms with Gasteiger partial charge >= 0.3 is 0 Å². The number of thiol groups is 1. The maximum Gasteiger partial charge on any atom is 0.0908 e. The molecule has 1 aliphatic rings. The van der Waals surface area contributed by atoms with Crippen LogP contribution in [0, 0.1) is 0 Å². The van der Waals surface area contributed by atoms with Crippen molar-refractivity contribution in [3.8, 4) is 0 Å². The quantitative estimate of drug-likeness (QED) is 0.709. The fraction of sp³-hybridized carbons (Fsp3) is 0.278. The number of pyridine rings is 1. The number of fused-ring (bicyclic) bond motifs is 1. The third-order valence-corrected chi connectivity index (χ3v) is 4.26. The lowest BCUT2D eigenvalue weighted by atomic mass is 9.98. The van der Waals surface area contributed by atoms with Gasteiger partial charge in [0, 0.05) is 11.2 Å². The highest BCUT2D eigenvalue weighted by Gasteiger charge is 2.29. The summed E-state index contributed by atoms with van der Waals surface area (Å²) in [5, 5.41) is 2.84. The first-order valence-corrected chi connectivity index (χ1v) is 8.52. The van der Waals surface area contributed by atoms with Crippen LogP contribution in [0.1, 0.15) is 32.9 Å². The number of hydrogen-bond donors (Lipinski definition) is 1. The zero-order valence-corrected chi connectivity index (χ0v) is 15.4. The van der Waals surface area contributed by atoms with Crippen LogP contribution < -0.4 is 9.42 Å². The van der Waals surface area contributed by atoms with Crippen molar-refractivity contribution in [2.45, 2.75) is 33.2 Å². The van der Waals surface area contributed by atoms with E-state index >= 15 is 0 Å². The molecule has 122 valence electrons. The minimum atomic E-state index is 0.252. The average molecular weight is 348 g/mol. The van der Waals surface area contributed by atoms with Gasteiger partial charge in [0.1, 0.15) is 0 Å². The van der Waals surface area contributed by atoms with E-state index in [2.05, 4.69) is 36.3 Å². The second-order valence-corrected chi connectivity index (χ2v) is 5.95. The lowest BCUT2D eigenvalue weighted by Gasteiger charge is -2.42. The predicted molar refractivity (Wildman–Crippen MR) is 104 cm³/mol. The SMILES string of the molecule is C=C1CC(C)N(N(S)c2ccc(Cl)cc2)c2cccnc21.CC. The van der Waals surface area contributed by atoms with Crippen LogP contribution in [-0.4, -0.2) is 11.0 Å². The molecule has 0 amide bonds. The van der Waals surface area contributed by atoms with Crippen LogP contribution in [-0.2, 0) is 0 Å². The van der Waals surface area contributed by atoms with Gasteiger partial charge in [0.25, 0.3) is 0 Å². The number of rotatable bonds is 2. The topological polar surface area (TPSA) is 19.4 Å². The minimum absolute atomic E-state index is 0.252. The van der Waals surface area contributed by atoms with Crippen molar-refractivity contribution < 1.29 is 0 Å². The second kappa shape index (κ2) is 7.75. The molecule has 0 bridgehead atoms. The van der Waals surface area contributed by atoms with Gasteiger partial charge in [-0.3, -0.25) is 9.99 Å². The molecule has 0 radical (unpaired) electrons. The Morgan fingerprint density at radius 2 is 1.91 bits per heavy atom. The van der Waals surface area contributed by atoms with E-state index in [-0.39, 0.29) is 6.04 Å². The van der Waals surface area contributed by atoms with Gasteiger partial charge in [0.05, 0.1) is 23.1 Å². The fourth-order valence-corrected chi connectivity index (χ4v) is 3.15. The van der Waals surface area contributed by atoms with E-state index in [1.54, 1.807) is 6.20 Å². The third kappa shape index (κ3) is 3.65. The normalized spacial score (nSPS) is 16.3. The van der Waals surface area contributed by atoms with E-state index in [4.69, 9.17) is 11.6 Å². The summed E-state index contributed by atoms with van der Waals surface area (Å²) in [6.45, 7) is 10.3. The lowest BCUT2D eigenvalue weighted by Crippen LogP contribution is -2.46. The number of aromatic nitrogens is 1. The first kappa shape index (κ1) is 17.7. The van der Waals surface area contributed by atoms with Gasteiger partial charge in [-0.1, -0.05) is 32.0 Å². The fourth-order valence-electron chi connectivity index (χ4n) is 2.62. The molecule has 5 heteroatoms. The summed E-state index contributed by atoms with van der Waals surface area (Å²) >= 11 is 10.6. The molecule has 3 nitrogen and oxygen atoms in total. The van der Waals surface area contributed by atoms with Crippen LogP contribution in [0.5, 0.6) is 0 Å². The van der Waals surface area contributed by atoms with Gasteiger partial charge in [-0.25, -0.2) is 4.41 Å². The van der Waals surface area contributed by atoms with E-state index in [1.807, 2.05) is 54.7 Å². The largest absolute Gasteiger partial charge is 0.270 e. The number of benzene rings is 1. The summed E-state index contributed by atoms with van der Waals surface area (Å²) in [6, 6.07) is 11.8. The highest BCUT2D eigenvalue weighted by atomic mass is 35.5. The Labute approximate surface area is 149 Å². The first-order valence-electron chi connectivity index (χ1n) is 7.75. The van der Waals surface area contributed by atoms with Gasteiger partial charge < -0.3 is 0 Å². The molecule has 3 rings (SSSR count). The smallest absolute Gasteiger partial charge is 0.0908 e. The molecule has 0 aliphatic carbocycles. The average Bonchev–Trinajstić information content (AvgIpc) is 2.57. The summed E-state index contributed by atoms with van der Waals surface area (Å²) in [5.41, 5.74) is 3.97. The number of halogens is 1. The minimum Gasteiger partial charge on any atom is -0.270 e. The zero-order valence-electron chi connectivity index (χ0n) is 13.7. The van der Waals surface area contributed by atoms with Crippen LogP contribution in [0.4, 0.5) is 11.4 Å². The van der Waals surface area contributed by atoms with Crippen molar-refractivity contribution in [1.82, 2.24) is 4.98 Å². The molecule has 2 heterocycles. The molecule has 0 spiro atoms. The molecule has 1 atom stereocenters. The maximum atomic E-state index is 5.95. The van der Waals surface area contributed by atoms with Crippen LogP contribution >= 0.6 is 24.4 Å². The van der Waals surface area contributed by atoms with Crippen LogP contribution in [0.3, 0.4) is 0 Å². The Bertz CT molecular complexity index is 672. The predicted octanol–water partition coefficient (Wildman–Crippen LogP) is 5.64. The Morgan fingerprint density at radius 3 is 2.57 bits per heavy atom. The number of hydrogen-bond acceptors (Lipinski definition) is 4.